The molecule has 0 bridgehead atoms. The fourth-order valence-electron chi connectivity index (χ4n) is 6.96. The van der Waals surface area contributed by atoms with Crippen molar-refractivity contribution in [1.29, 1.82) is 0 Å². The summed E-state index contributed by atoms with van der Waals surface area (Å²) >= 11 is 0. The number of hydrogen-bond donors (Lipinski definition) is 0. The Labute approximate surface area is 383 Å². The molecule has 0 aliphatic heterocycles. The first-order valence-electron chi connectivity index (χ1n) is 20.4. The minimum absolute atomic E-state index is 0. The van der Waals surface area contributed by atoms with Crippen LogP contribution >= 0.6 is 0 Å². The summed E-state index contributed by atoms with van der Waals surface area (Å²) in [6, 6.07) is 82.1. The van der Waals surface area contributed by atoms with Crippen LogP contribution in [-0.2, 0) is 20.1 Å². The molecule has 64 heavy (non-hydrogen) atoms. The van der Waals surface area contributed by atoms with Crippen molar-refractivity contribution in [2.45, 2.75) is 0 Å². The number of rotatable bonds is 6. The van der Waals surface area contributed by atoms with Crippen LogP contribution < -0.4 is 0 Å². The van der Waals surface area contributed by atoms with Gasteiger partial charge in [-0.05, 0) is 53.5 Å². The maximum absolute atomic E-state index is 4.46. The Balaban J connectivity index is 0.000000121. The first-order valence-corrected chi connectivity index (χ1v) is 20.4. The maximum atomic E-state index is 4.46. The predicted octanol–water partition coefficient (Wildman–Crippen LogP) is 11.7. The molecule has 0 N–H and O–H groups in total. The van der Waals surface area contributed by atoms with Crippen LogP contribution in [0.1, 0.15) is 0 Å². The van der Waals surface area contributed by atoms with Crippen LogP contribution in [0.2, 0.25) is 0 Å². The molecule has 3 heterocycles. The molecule has 0 saturated carbocycles. The van der Waals surface area contributed by atoms with Crippen molar-refractivity contribution in [3.05, 3.63) is 237 Å². The van der Waals surface area contributed by atoms with Crippen LogP contribution in [0.25, 0.3) is 83.5 Å². The smallest absolute Gasteiger partial charge is 0.176 e. The Bertz CT molecular complexity index is 2900. The summed E-state index contributed by atoms with van der Waals surface area (Å²) in [7, 11) is 0. The number of nitrogens with zero attached hydrogens (tertiary/aromatic N) is 9. The van der Waals surface area contributed by atoms with E-state index in [1.807, 2.05) is 164 Å². The van der Waals surface area contributed by atoms with Gasteiger partial charge in [0, 0.05) is 0 Å². The molecule has 0 fully saturated rings. The summed E-state index contributed by atoms with van der Waals surface area (Å²) < 4.78 is 0. The molecule has 12 aromatic rings. The Morgan fingerprint density at radius 2 is 0.453 bits per heavy atom. The zero-order valence-corrected chi connectivity index (χ0v) is 36.5. The molecule has 0 atom stereocenters. The Morgan fingerprint density at radius 1 is 0.234 bits per heavy atom. The van der Waals surface area contributed by atoms with E-state index in [9.17, 15) is 0 Å². The zero-order valence-electron chi connectivity index (χ0n) is 34.1. The number of benzene rings is 9. The van der Waals surface area contributed by atoms with Gasteiger partial charge in [-0.25, -0.2) is 0 Å². The summed E-state index contributed by atoms with van der Waals surface area (Å²) in [5, 5.41) is 26.8. The van der Waals surface area contributed by atoms with Gasteiger partial charge in [-0.3, -0.25) is 0 Å². The van der Waals surface area contributed by atoms with E-state index in [2.05, 4.69) is 103 Å². The molecular weight excluding hydrogens is 967 g/mol. The van der Waals surface area contributed by atoms with Gasteiger partial charge in [-0.1, -0.05) is 144 Å². The van der Waals surface area contributed by atoms with Crippen molar-refractivity contribution in [2.75, 3.05) is 0 Å². The van der Waals surface area contributed by atoms with E-state index >= 15 is 0 Å². The minimum Gasteiger partial charge on any atom is -0.176 e. The average molecular weight is 1000 g/mol. The topological polar surface area (TPSA) is 92.1 Å². The van der Waals surface area contributed by atoms with E-state index in [0.717, 1.165) is 66.9 Å². The van der Waals surface area contributed by atoms with Gasteiger partial charge in [0.15, 0.2) is 0 Å². The van der Waals surface area contributed by atoms with E-state index in [4.69, 9.17) is 0 Å². The van der Waals surface area contributed by atoms with Crippen LogP contribution in [0.5, 0.6) is 0 Å². The molecule has 9 aromatic carbocycles. The van der Waals surface area contributed by atoms with Crippen molar-refractivity contribution < 1.29 is 20.1 Å². The van der Waals surface area contributed by atoms with E-state index in [-0.39, 0.29) is 20.1 Å². The third-order valence-electron chi connectivity index (χ3n) is 10.2. The largest absolute Gasteiger partial charge is 3.00 e. The standard InChI is InChI=1S/3C18H12N3.Ir/c3*1-2-6-14(7-3-1)15-10-12-16(13-11-15)21-19-17-8-4-5-9-18(17)20-21;/h3*1-12H;/q3*-1;+3. The molecule has 12 rings (SSSR count). The Kier molecular flexibility index (Phi) is 12.4. The van der Waals surface area contributed by atoms with Gasteiger partial charge in [0.25, 0.3) is 0 Å². The van der Waals surface area contributed by atoms with Crippen LogP contribution in [0, 0.1) is 18.2 Å². The molecule has 0 aliphatic carbocycles. The number of fused-ring (bicyclic) bond motifs is 3. The maximum Gasteiger partial charge on any atom is 3.00 e. The van der Waals surface area contributed by atoms with E-state index < -0.39 is 0 Å². The quantitative estimate of drug-likeness (QED) is 0.154. The van der Waals surface area contributed by atoms with E-state index in [1.54, 1.807) is 14.4 Å². The van der Waals surface area contributed by atoms with Crippen molar-refractivity contribution in [1.82, 2.24) is 45.0 Å². The number of hydrogen-bond acceptors (Lipinski definition) is 6. The predicted molar refractivity (Wildman–Crippen MR) is 249 cm³/mol. The van der Waals surface area contributed by atoms with E-state index in [0.29, 0.717) is 0 Å². The molecule has 0 radical (unpaired) electrons. The summed E-state index contributed by atoms with van der Waals surface area (Å²) in [5.41, 5.74) is 14.8. The Morgan fingerprint density at radius 3 is 0.656 bits per heavy atom. The molecule has 10 heteroatoms. The Hall–Kier alpha value is -8.17. The normalized spacial score (nSPS) is 10.7. The molecule has 0 unspecified atom stereocenters. The van der Waals surface area contributed by atoms with Crippen LogP contribution in [-0.4, -0.2) is 45.0 Å². The second-order valence-electron chi connectivity index (χ2n) is 14.4. The molecule has 0 spiro atoms. The van der Waals surface area contributed by atoms with Gasteiger partial charge in [0.05, 0.1) is 0 Å². The van der Waals surface area contributed by atoms with Gasteiger partial charge in [0.1, 0.15) is 33.1 Å². The molecule has 0 aliphatic rings. The van der Waals surface area contributed by atoms with Crippen LogP contribution in [0.15, 0.2) is 218 Å². The van der Waals surface area contributed by atoms with Crippen molar-refractivity contribution in [2.24, 2.45) is 0 Å². The van der Waals surface area contributed by atoms with Gasteiger partial charge in [0.2, 0.25) is 0 Å². The van der Waals surface area contributed by atoms with Gasteiger partial charge < -0.3 is 0 Å². The first-order chi connectivity index (χ1) is 31.2. The molecule has 0 saturated heterocycles. The molecule has 306 valence electrons. The molecule has 3 aromatic heterocycles. The SMILES string of the molecule is [Ir+3].[c-]1cc(-c2ccccc2)ccc1-n1nc2ccccc2n1.[c-]1cc(-c2ccccc2)ccc1-n1nc2ccccc2n1.[c-]1cc(-c2ccccc2)ccc1-n1nc2ccccc2n1. The number of aromatic nitrogens is 9. The molecule has 9 nitrogen and oxygen atoms in total. The second kappa shape index (κ2) is 19.3. The third kappa shape index (κ3) is 9.34. The summed E-state index contributed by atoms with van der Waals surface area (Å²) in [4.78, 5) is 4.87. The monoisotopic (exact) mass is 1000 g/mol. The van der Waals surface area contributed by atoms with Gasteiger partial charge in [-0.15, -0.1) is 34.9 Å². The fraction of sp³-hybridized carbons (Fsp3) is 0. The van der Waals surface area contributed by atoms with Crippen LogP contribution in [0.3, 0.4) is 0 Å². The third-order valence-corrected chi connectivity index (χ3v) is 10.2. The first kappa shape index (κ1) is 41.2. The average Bonchev–Trinajstić information content (AvgIpc) is 4.13. The van der Waals surface area contributed by atoms with Gasteiger partial charge >= 0.3 is 20.1 Å². The van der Waals surface area contributed by atoms with Crippen molar-refractivity contribution >= 4 is 33.1 Å². The van der Waals surface area contributed by atoms with Gasteiger partial charge in [-0.2, -0.15) is 99.6 Å². The molecular formula is C54H36IrN9. The zero-order chi connectivity index (χ0) is 42.2. The summed E-state index contributed by atoms with van der Waals surface area (Å²) in [6.07, 6.45) is 0. The summed E-state index contributed by atoms with van der Waals surface area (Å²) in [5.74, 6) is 0. The summed E-state index contributed by atoms with van der Waals surface area (Å²) in [6.45, 7) is 0. The van der Waals surface area contributed by atoms with E-state index in [1.165, 1.54) is 16.7 Å². The molecule has 0 amide bonds. The van der Waals surface area contributed by atoms with Crippen molar-refractivity contribution in [3.63, 3.8) is 0 Å². The minimum atomic E-state index is 0. The second-order valence-corrected chi connectivity index (χ2v) is 14.4. The fourth-order valence-corrected chi connectivity index (χ4v) is 6.96. The van der Waals surface area contributed by atoms with Crippen LogP contribution in [0.4, 0.5) is 0 Å². The van der Waals surface area contributed by atoms with Crippen molar-refractivity contribution in [3.8, 4) is 50.4 Å².